The summed E-state index contributed by atoms with van der Waals surface area (Å²) in [6, 6.07) is 10.9. The fourth-order valence-corrected chi connectivity index (χ4v) is 4.83. The lowest BCUT2D eigenvalue weighted by molar-refractivity contribution is -0.328. The highest BCUT2D eigenvalue weighted by Crippen LogP contribution is 2.43. The minimum absolute atomic E-state index is 0.0540. The molecule has 0 fully saturated rings. The van der Waals surface area contributed by atoms with E-state index in [1.165, 1.54) is 24.5 Å². The van der Waals surface area contributed by atoms with E-state index >= 15 is 0 Å². The number of methoxy groups -OCH3 is 1. The maximum Gasteiger partial charge on any atom is 0.417 e. The fraction of sp³-hybridized carbons (Fsp3) is 0.100. The molecule has 0 radical (unpaired) electrons. The number of nitrogen functional groups attached to an aromatic ring is 1. The molecule has 148 valence electrons. The van der Waals surface area contributed by atoms with E-state index in [-0.39, 0.29) is 26.3 Å². The molecule has 0 unspecified atom stereocenters. The van der Waals surface area contributed by atoms with Crippen molar-refractivity contribution in [2.24, 2.45) is 0 Å². The second-order valence-electron chi connectivity index (χ2n) is 6.18. The number of thiophene rings is 2. The Kier molecular flexibility index (Phi) is 4.79. The number of nitrogens with two attached hydrogens (primary N) is 1. The van der Waals surface area contributed by atoms with Crippen LogP contribution in [0, 0.1) is 0 Å². The summed E-state index contributed by atoms with van der Waals surface area (Å²) < 4.78 is 46.5. The second kappa shape index (κ2) is 7.16. The van der Waals surface area contributed by atoms with Crippen molar-refractivity contribution in [1.82, 2.24) is 0 Å². The Morgan fingerprint density at radius 1 is 1.17 bits per heavy atom. The molecule has 9 heteroatoms. The van der Waals surface area contributed by atoms with Crippen molar-refractivity contribution in [1.29, 1.82) is 0 Å². The van der Waals surface area contributed by atoms with Gasteiger partial charge in [-0.2, -0.15) is 18.2 Å². The number of aromatic amines is 1. The largest absolute Gasteiger partial charge is 0.497 e. The Morgan fingerprint density at radius 3 is 2.62 bits per heavy atom. The van der Waals surface area contributed by atoms with Gasteiger partial charge in [0, 0.05) is 11.6 Å². The van der Waals surface area contributed by atoms with Crippen LogP contribution in [-0.2, 0) is 6.18 Å². The van der Waals surface area contributed by atoms with Gasteiger partial charge in [0.15, 0.2) is 0 Å². The number of fused-ring (bicyclic) bond motifs is 1. The predicted octanol–water partition coefficient (Wildman–Crippen LogP) is 5.28. The highest BCUT2D eigenvalue weighted by Gasteiger charge is 2.38. The molecule has 0 bridgehead atoms. The quantitative estimate of drug-likeness (QED) is 0.443. The number of nitrogens with one attached hydrogen (secondary N) is 1. The number of pyridine rings is 1. The molecule has 4 rings (SSSR count). The molecule has 1 aromatic carbocycles. The third-order valence-corrected chi connectivity index (χ3v) is 6.40. The summed E-state index contributed by atoms with van der Waals surface area (Å²) in [5, 5.41) is 1.59. The average Bonchev–Trinajstić information content (AvgIpc) is 3.34. The number of rotatable bonds is 4. The molecule has 0 amide bonds. The van der Waals surface area contributed by atoms with Crippen LogP contribution in [0.4, 0.5) is 18.9 Å². The maximum absolute atomic E-state index is 13.8. The van der Waals surface area contributed by atoms with Gasteiger partial charge in [-0.05, 0) is 23.6 Å². The molecule has 3 heterocycles. The van der Waals surface area contributed by atoms with E-state index < -0.39 is 17.5 Å². The number of ketones is 1. The first kappa shape index (κ1) is 19.4. The van der Waals surface area contributed by atoms with Gasteiger partial charge in [0.2, 0.25) is 11.5 Å². The number of halogens is 3. The molecule has 4 aromatic rings. The molecule has 0 saturated carbocycles. The fourth-order valence-electron chi connectivity index (χ4n) is 3.03. The number of hydrogen-bond donors (Lipinski definition) is 1. The summed E-state index contributed by atoms with van der Waals surface area (Å²) in [6.45, 7) is 0. The predicted molar refractivity (Wildman–Crippen MR) is 108 cm³/mol. The monoisotopic (exact) mass is 435 g/mol. The zero-order valence-corrected chi connectivity index (χ0v) is 16.6. The van der Waals surface area contributed by atoms with Gasteiger partial charge < -0.3 is 10.5 Å². The Morgan fingerprint density at radius 2 is 1.97 bits per heavy atom. The van der Waals surface area contributed by atoms with Crippen LogP contribution >= 0.6 is 22.7 Å². The van der Waals surface area contributed by atoms with E-state index in [2.05, 4.69) is 4.98 Å². The molecule has 0 saturated heterocycles. The van der Waals surface area contributed by atoms with Crippen LogP contribution in [0.2, 0.25) is 0 Å². The number of alkyl halides is 3. The minimum Gasteiger partial charge on any atom is -0.497 e. The van der Waals surface area contributed by atoms with Crippen molar-refractivity contribution in [2.75, 3.05) is 12.8 Å². The van der Waals surface area contributed by atoms with E-state index in [9.17, 15) is 18.0 Å². The number of benzene rings is 1. The molecule has 3 N–H and O–H groups in total. The Bertz CT molecular complexity index is 1210. The van der Waals surface area contributed by atoms with E-state index in [4.69, 9.17) is 10.5 Å². The number of hydrogen-bond acceptors (Lipinski definition) is 5. The van der Waals surface area contributed by atoms with Gasteiger partial charge in [0.25, 0.3) is 4.83 Å². The van der Waals surface area contributed by atoms with Crippen molar-refractivity contribution in [3.8, 4) is 16.3 Å². The van der Waals surface area contributed by atoms with Crippen molar-refractivity contribution in [3.05, 3.63) is 63.8 Å². The second-order valence-corrected chi connectivity index (χ2v) is 8.15. The average molecular weight is 435 g/mol. The molecular weight excluding hydrogens is 421 g/mol. The van der Waals surface area contributed by atoms with E-state index in [1.807, 2.05) is 0 Å². The topological polar surface area (TPSA) is 66.5 Å². The summed E-state index contributed by atoms with van der Waals surface area (Å²) >= 11 is 2.23. The van der Waals surface area contributed by atoms with Crippen LogP contribution in [0.15, 0.2) is 47.8 Å². The zero-order valence-electron chi connectivity index (χ0n) is 15.0. The number of carbonyl (C=O) groups excluding carboxylic acids is 1. The number of ether oxygens (including phenoxy) is 1. The summed E-state index contributed by atoms with van der Waals surface area (Å²) in [6.07, 6.45) is -4.62. The van der Waals surface area contributed by atoms with Crippen LogP contribution in [0.1, 0.15) is 20.8 Å². The first-order chi connectivity index (χ1) is 13.8. The summed E-state index contributed by atoms with van der Waals surface area (Å²) in [5.74, 6) is 0.0138. The lowest BCUT2D eigenvalue weighted by Gasteiger charge is -2.08. The van der Waals surface area contributed by atoms with Crippen LogP contribution in [0.3, 0.4) is 0 Å². The SMILES string of the molecule is COc1cccc(C(=O)c2sc3[nH+]c(-c4cccs4)cc(C(F)(F)F)c3c2N)c1. The van der Waals surface area contributed by atoms with Gasteiger partial charge in [-0.15, -0.1) is 11.3 Å². The highest BCUT2D eigenvalue weighted by molar-refractivity contribution is 7.21. The van der Waals surface area contributed by atoms with E-state index in [0.717, 1.165) is 17.4 Å². The van der Waals surface area contributed by atoms with Crippen LogP contribution in [-0.4, -0.2) is 12.9 Å². The summed E-state index contributed by atoms with van der Waals surface area (Å²) in [4.78, 5) is 16.9. The van der Waals surface area contributed by atoms with E-state index in [0.29, 0.717) is 16.3 Å². The van der Waals surface area contributed by atoms with Crippen molar-refractivity contribution >= 4 is 44.4 Å². The standard InChI is InChI=1S/C20H13F3N2O2S2/c1-27-11-5-2-4-10(8-11)17(26)18-16(24)15-12(20(21,22)23)9-13(25-19(15)29-18)14-6-3-7-28-14/h2-9H,24H2,1H3/p+1. The molecule has 0 aliphatic carbocycles. The van der Waals surface area contributed by atoms with Gasteiger partial charge in [-0.25, -0.2) is 0 Å². The first-order valence-electron chi connectivity index (χ1n) is 8.37. The zero-order chi connectivity index (χ0) is 20.8. The first-order valence-corrected chi connectivity index (χ1v) is 10.1. The lowest BCUT2D eigenvalue weighted by Crippen LogP contribution is -2.13. The van der Waals surface area contributed by atoms with Gasteiger partial charge in [0.05, 0.1) is 28.6 Å². The Labute approximate surface area is 171 Å². The number of carbonyl (C=O) groups is 1. The summed E-state index contributed by atoms with van der Waals surface area (Å²) in [5.41, 5.74) is 5.61. The minimum atomic E-state index is -4.62. The Balaban J connectivity index is 1.93. The van der Waals surface area contributed by atoms with Gasteiger partial charge in [-0.1, -0.05) is 29.5 Å². The molecule has 4 nitrogen and oxygen atoms in total. The third kappa shape index (κ3) is 3.47. The van der Waals surface area contributed by atoms with Crippen molar-refractivity contribution in [2.45, 2.75) is 6.18 Å². The normalized spacial score (nSPS) is 11.7. The molecule has 0 aliphatic rings. The van der Waals surface area contributed by atoms with Crippen LogP contribution in [0.25, 0.3) is 20.8 Å². The molecule has 3 aromatic heterocycles. The molecule has 29 heavy (non-hydrogen) atoms. The van der Waals surface area contributed by atoms with Gasteiger partial charge in [-0.3, -0.25) is 4.79 Å². The van der Waals surface area contributed by atoms with Crippen molar-refractivity contribution in [3.63, 3.8) is 0 Å². The highest BCUT2D eigenvalue weighted by atomic mass is 32.1. The lowest BCUT2D eigenvalue weighted by atomic mass is 10.1. The van der Waals surface area contributed by atoms with Crippen LogP contribution < -0.4 is 15.5 Å². The van der Waals surface area contributed by atoms with Crippen molar-refractivity contribution < 1.29 is 27.7 Å². The van der Waals surface area contributed by atoms with E-state index in [1.54, 1.807) is 35.7 Å². The third-order valence-electron chi connectivity index (χ3n) is 4.38. The number of anilines is 1. The van der Waals surface area contributed by atoms with Gasteiger partial charge in [0.1, 0.15) is 10.6 Å². The number of H-pyrrole nitrogens is 1. The number of aromatic nitrogens is 1. The van der Waals surface area contributed by atoms with Crippen LogP contribution in [0.5, 0.6) is 5.75 Å². The van der Waals surface area contributed by atoms with Gasteiger partial charge >= 0.3 is 6.18 Å². The molecule has 0 aliphatic heterocycles. The maximum atomic E-state index is 13.8. The molecular formula is C20H14F3N2O2S2+. The molecule has 0 spiro atoms. The smallest absolute Gasteiger partial charge is 0.417 e. The Hall–Kier alpha value is -2.91. The summed E-state index contributed by atoms with van der Waals surface area (Å²) in [7, 11) is 1.47. The molecule has 0 atom stereocenters.